The largest absolute Gasteiger partial charge is 0.462 e. The summed E-state index contributed by atoms with van der Waals surface area (Å²) in [5, 5.41) is 3.66. The summed E-state index contributed by atoms with van der Waals surface area (Å²) in [5.74, 6) is -0.249. The van der Waals surface area contributed by atoms with Gasteiger partial charge in [0.15, 0.2) is 5.13 Å². The van der Waals surface area contributed by atoms with E-state index in [4.69, 9.17) is 4.74 Å². The number of hydrogen-bond donors (Lipinski definition) is 1. The number of thiazole rings is 1. The van der Waals surface area contributed by atoms with Crippen LogP contribution in [0.5, 0.6) is 0 Å². The summed E-state index contributed by atoms with van der Waals surface area (Å²) in [6.45, 7) is 3.84. The molecule has 1 aromatic carbocycles. The molecular formula is C16H17FN2O2S. The topological polar surface area (TPSA) is 51.2 Å². The number of nitrogens with zero attached hydrogens (tertiary/aromatic N) is 1. The van der Waals surface area contributed by atoms with Crippen molar-refractivity contribution in [2.75, 3.05) is 11.9 Å². The van der Waals surface area contributed by atoms with Crippen molar-refractivity contribution in [3.8, 4) is 0 Å². The Morgan fingerprint density at radius 1 is 1.50 bits per heavy atom. The minimum Gasteiger partial charge on any atom is -0.462 e. The van der Waals surface area contributed by atoms with E-state index in [0.29, 0.717) is 33.8 Å². The number of aromatic nitrogens is 1. The van der Waals surface area contributed by atoms with Gasteiger partial charge in [0, 0.05) is 11.6 Å². The molecule has 0 amide bonds. The molecule has 1 aliphatic rings. The number of carbonyl (C=O) groups is 1. The van der Waals surface area contributed by atoms with Gasteiger partial charge in [-0.05, 0) is 44.4 Å². The van der Waals surface area contributed by atoms with Crippen molar-refractivity contribution >= 4 is 28.1 Å². The zero-order valence-corrected chi connectivity index (χ0v) is 13.3. The SMILES string of the molecule is CCOC(=O)c1sc(Nc2ccc(C)c(F)c2)nc1C1CC1. The zero-order valence-electron chi connectivity index (χ0n) is 12.5. The highest BCUT2D eigenvalue weighted by Gasteiger charge is 2.32. The van der Waals surface area contributed by atoms with Gasteiger partial charge >= 0.3 is 5.97 Å². The van der Waals surface area contributed by atoms with Gasteiger partial charge < -0.3 is 10.1 Å². The Morgan fingerprint density at radius 3 is 2.91 bits per heavy atom. The van der Waals surface area contributed by atoms with Crippen LogP contribution in [0, 0.1) is 12.7 Å². The smallest absolute Gasteiger partial charge is 0.350 e. The number of benzene rings is 1. The van der Waals surface area contributed by atoms with Crippen LogP contribution in [-0.2, 0) is 4.74 Å². The van der Waals surface area contributed by atoms with Gasteiger partial charge in [0.1, 0.15) is 10.7 Å². The number of halogens is 1. The van der Waals surface area contributed by atoms with Crippen molar-refractivity contribution in [3.05, 3.63) is 40.2 Å². The maximum absolute atomic E-state index is 13.6. The number of carbonyl (C=O) groups excluding carboxylic acids is 1. The summed E-state index contributed by atoms with van der Waals surface area (Å²) >= 11 is 1.26. The third-order valence-corrected chi connectivity index (χ3v) is 4.47. The molecule has 22 heavy (non-hydrogen) atoms. The van der Waals surface area contributed by atoms with Crippen molar-refractivity contribution in [3.63, 3.8) is 0 Å². The van der Waals surface area contributed by atoms with E-state index in [1.165, 1.54) is 17.4 Å². The Hall–Kier alpha value is -1.95. The average molecular weight is 320 g/mol. The lowest BCUT2D eigenvalue weighted by atomic mass is 10.2. The number of aryl methyl sites for hydroxylation is 1. The van der Waals surface area contributed by atoms with Gasteiger partial charge in [-0.15, -0.1) is 0 Å². The maximum Gasteiger partial charge on any atom is 0.350 e. The Kier molecular flexibility index (Phi) is 4.11. The minimum absolute atomic E-state index is 0.269. The first-order chi connectivity index (χ1) is 10.6. The van der Waals surface area contributed by atoms with Crippen molar-refractivity contribution in [1.29, 1.82) is 0 Å². The van der Waals surface area contributed by atoms with Crippen LogP contribution >= 0.6 is 11.3 Å². The number of esters is 1. The third-order valence-electron chi connectivity index (χ3n) is 3.50. The lowest BCUT2D eigenvalue weighted by Crippen LogP contribution is -2.05. The van der Waals surface area contributed by atoms with Gasteiger partial charge in [0.2, 0.25) is 0 Å². The van der Waals surface area contributed by atoms with Crippen molar-refractivity contribution in [1.82, 2.24) is 4.98 Å². The van der Waals surface area contributed by atoms with Gasteiger partial charge in [0.25, 0.3) is 0 Å². The molecule has 0 atom stereocenters. The molecule has 1 saturated carbocycles. The molecular weight excluding hydrogens is 303 g/mol. The highest BCUT2D eigenvalue weighted by Crippen LogP contribution is 2.44. The van der Waals surface area contributed by atoms with E-state index in [1.54, 1.807) is 26.0 Å². The summed E-state index contributed by atoms with van der Waals surface area (Å²) in [6, 6.07) is 4.93. The Morgan fingerprint density at radius 2 is 2.27 bits per heavy atom. The molecule has 6 heteroatoms. The second-order valence-corrected chi connectivity index (χ2v) is 6.32. The van der Waals surface area contributed by atoms with E-state index in [2.05, 4.69) is 10.3 Å². The molecule has 0 unspecified atom stereocenters. The van der Waals surface area contributed by atoms with Crippen LogP contribution in [0.2, 0.25) is 0 Å². The van der Waals surface area contributed by atoms with E-state index in [9.17, 15) is 9.18 Å². The predicted octanol–water partition coefficient (Wildman–Crippen LogP) is 4.39. The van der Waals surface area contributed by atoms with E-state index in [1.807, 2.05) is 0 Å². The molecule has 4 nitrogen and oxygen atoms in total. The van der Waals surface area contributed by atoms with Crippen LogP contribution in [0.15, 0.2) is 18.2 Å². The zero-order chi connectivity index (χ0) is 15.7. The normalized spacial score (nSPS) is 14.0. The molecule has 0 radical (unpaired) electrons. The highest BCUT2D eigenvalue weighted by atomic mass is 32.1. The van der Waals surface area contributed by atoms with E-state index < -0.39 is 0 Å². The summed E-state index contributed by atoms with van der Waals surface area (Å²) in [4.78, 5) is 17.1. The molecule has 0 spiro atoms. The van der Waals surface area contributed by atoms with Crippen LogP contribution in [0.3, 0.4) is 0 Å². The first-order valence-corrected chi connectivity index (χ1v) is 8.11. The number of ether oxygens (including phenoxy) is 1. The molecule has 3 rings (SSSR count). The first-order valence-electron chi connectivity index (χ1n) is 7.29. The Bertz CT molecular complexity index is 710. The van der Waals surface area contributed by atoms with Crippen LogP contribution < -0.4 is 5.32 Å². The quantitative estimate of drug-likeness (QED) is 0.830. The molecule has 0 saturated heterocycles. The van der Waals surface area contributed by atoms with E-state index in [0.717, 1.165) is 18.5 Å². The van der Waals surface area contributed by atoms with Gasteiger partial charge in [0.05, 0.1) is 12.3 Å². The number of hydrogen-bond acceptors (Lipinski definition) is 5. The minimum atomic E-state index is -0.329. The van der Waals surface area contributed by atoms with Gasteiger partial charge in [-0.2, -0.15) is 0 Å². The van der Waals surface area contributed by atoms with Crippen LogP contribution in [0.1, 0.15) is 46.6 Å². The van der Waals surface area contributed by atoms with Crippen LogP contribution in [-0.4, -0.2) is 17.6 Å². The predicted molar refractivity (Wildman–Crippen MR) is 84.5 cm³/mol. The van der Waals surface area contributed by atoms with Gasteiger partial charge in [-0.3, -0.25) is 0 Å². The third kappa shape index (κ3) is 3.11. The number of rotatable bonds is 5. The second kappa shape index (κ2) is 6.04. The molecule has 0 aliphatic heterocycles. The maximum atomic E-state index is 13.6. The molecule has 1 fully saturated rings. The molecule has 2 aromatic rings. The lowest BCUT2D eigenvalue weighted by Gasteiger charge is -2.03. The molecule has 116 valence electrons. The molecule has 1 heterocycles. The van der Waals surface area contributed by atoms with Crippen molar-refractivity contribution < 1.29 is 13.9 Å². The van der Waals surface area contributed by atoms with Crippen LogP contribution in [0.4, 0.5) is 15.2 Å². The standard InChI is InChI=1S/C16H17FN2O2S/c1-3-21-15(20)14-13(10-5-6-10)19-16(22-14)18-11-7-4-9(2)12(17)8-11/h4,7-8,10H,3,5-6H2,1-2H3,(H,18,19). The average Bonchev–Trinajstić information content (AvgIpc) is 3.24. The van der Waals surface area contributed by atoms with Crippen LogP contribution in [0.25, 0.3) is 0 Å². The number of nitrogens with one attached hydrogen (secondary N) is 1. The molecule has 1 aromatic heterocycles. The summed E-state index contributed by atoms with van der Waals surface area (Å²) in [6.07, 6.45) is 2.10. The van der Waals surface area contributed by atoms with Crippen molar-refractivity contribution in [2.45, 2.75) is 32.6 Å². The van der Waals surface area contributed by atoms with E-state index in [-0.39, 0.29) is 11.8 Å². The highest BCUT2D eigenvalue weighted by molar-refractivity contribution is 7.17. The number of anilines is 2. The van der Waals surface area contributed by atoms with Gasteiger partial charge in [-0.25, -0.2) is 14.2 Å². The fourth-order valence-corrected chi connectivity index (χ4v) is 3.12. The molecule has 1 N–H and O–H groups in total. The van der Waals surface area contributed by atoms with Gasteiger partial charge in [-0.1, -0.05) is 17.4 Å². The first kappa shape index (κ1) is 15.0. The Labute approximate surface area is 132 Å². The monoisotopic (exact) mass is 320 g/mol. The lowest BCUT2D eigenvalue weighted by molar-refractivity contribution is 0.0530. The van der Waals surface area contributed by atoms with E-state index >= 15 is 0 Å². The Balaban J connectivity index is 1.86. The fraction of sp³-hybridized carbons (Fsp3) is 0.375. The summed E-state index contributed by atoms with van der Waals surface area (Å²) < 4.78 is 18.7. The summed E-state index contributed by atoms with van der Waals surface area (Å²) in [5.41, 5.74) is 2.02. The van der Waals surface area contributed by atoms with Crippen molar-refractivity contribution in [2.24, 2.45) is 0 Å². The molecule has 0 bridgehead atoms. The summed E-state index contributed by atoms with van der Waals surface area (Å²) in [7, 11) is 0. The molecule has 1 aliphatic carbocycles. The fourth-order valence-electron chi connectivity index (χ4n) is 2.16. The second-order valence-electron chi connectivity index (χ2n) is 5.32.